The molecule has 1 aromatic rings. The van der Waals surface area contributed by atoms with Gasteiger partial charge in [0, 0.05) is 11.6 Å². The van der Waals surface area contributed by atoms with E-state index < -0.39 is 0 Å². The van der Waals surface area contributed by atoms with Gasteiger partial charge in [-0.05, 0) is 30.5 Å². The summed E-state index contributed by atoms with van der Waals surface area (Å²) in [5.74, 6) is -0.132. The Balaban J connectivity index is 2.64. The van der Waals surface area contributed by atoms with E-state index in [1.165, 1.54) is 12.1 Å². The highest BCUT2D eigenvalue weighted by Gasteiger charge is 2.24. The Morgan fingerprint density at radius 1 is 1.50 bits per heavy atom. The standard InChI is InChI=1S/C9H10FNO/c10-6-2-4-8(12)9-5(6)1-3-7(9)11/h2,4,7,12H,1,3,11H2/t7-/m1/s1. The van der Waals surface area contributed by atoms with Gasteiger partial charge in [0.05, 0.1) is 0 Å². The van der Waals surface area contributed by atoms with Crippen molar-refractivity contribution in [2.75, 3.05) is 0 Å². The third-order valence-corrected chi connectivity index (χ3v) is 2.35. The van der Waals surface area contributed by atoms with Gasteiger partial charge in [-0.3, -0.25) is 0 Å². The van der Waals surface area contributed by atoms with Gasteiger partial charge in [-0.25, -0.2) is 4.39 Å². The molecule has 1 atom stereocenters. The maximum absolute atomic E-state index is 13.1. The van der Waals surface area contributed by atoms with E-state index in [1.807, 2.05) is 0 Å². The molecule has 1 aliphatic carbocycles. The molecule has 1 aliphatic rings. The fourth-order valence-electron chi connectivity index (χ4n) is 1.74. The molecule has 0 saturated heterocycles. The number of benzene rings is 1. The number of hydrogen-bond donors (Lipinski definition) is 2. The molecule has 2 rings (SSSR count). The second-order valence-corrected chi connectivity index (χ2v) is 3.10. The molecule has 0 bridgehead atoms. The van der Waals surface area contributed by atoms with Gasteiger partial charge in [-0.15, -0.1) is 0 Å². The topological polar surface area (TPSA) is 46.2 Å². The summed E-state index contributed by atoms with van der Waals surface area (Å²) in [6.45, 7) is 0. The monoisotopic (exact) mass is 167 g/mol. The van der Waals surface area contributed by atoms with Gasteiger partial charge < -0.3 is 10.8 Å². The molecule has 0 spiro atoms. The van der Waals surface area contributed by atoms with Gasteiger partial charge >= 0.3 is 0 Å². The van der Waals surface area contributed by atoms with Crippen molar-refractivity contribution in [1.29, 1.82) is 0 Å². The molecule has 0 amide bonds. The molecule has 1 aromatic carbocycles. The quantitative estimate of drug-likeness (QED) is 0.614. The van der Waals surface area contributed by atoms with E-state index in [4.69, 9.17) is 5.73 Å². The van der Waals surface area contributed by atoms with Gasteiger partial charge in [0.2, 0.25) is 0 Å². The molecule has 0 unspecified atom stereocenters. The third-order valence-electron chi connectivity index (χ3n) is 2.35. The van der Waals surface area contributed by atoms with Crippen molar-refractivity contribution < 1.29 is 9.50 Å². The van der Waals surface area contributed by atoms with Crippen molar-refractivity contribution in [2.45, 2.75) is 18.9 Å². The molecule has 3 heteroatoms. The molecule has 0 fully saturated rings. The van der Waals surface area contributed by atoms with Gasteiger partial charge in [0.25, 0.3) is 0 Å². The van der Waals surface area contributed by atoms with Gasteiger partial charge in [-0.1, -0.05) is 0 Å². The molecule has 0 heterocycles. The number of aromatic hydroxyl groups is 1. The Labute approximate surface area is 69.8 Å². The van der Waals surface area contributed by atoms with Gasteiger partial charge in [0.1, 0.15) is 11.6 Å². The molecule has 0 radical (unpaired) electrons. The summed E-state index contributed by atoms with van der Waals surface area (Å²) in [6.07, 6.45) is 1.36. The Hall–Kier alpha value is -1.09. The van der Waals surface area contributed by atoms with Crippen LogP contribution in [0, 0.1) is 5.82 Å². The third kappa shape index (κ3) is 0.898. The molecule has 0 saturated carbocycles. The van der Waals surface area contributed by atoms with Crippen LogP contribution in [0.4, 0.5) is 4.39 Å². The molecule has 2 nitrogen and oxygen atoms in total. The molecular weight excluding hydrogens is 157 g/mol. The molecule has 64 valence electrons. The zero-order chi connectivity index (χ0) is 8.72. The first-order valence-corrected chi connectivity index (χ1v) is 3.96. The number of hydrogen-bond acceptors (Lipinski definition) is 2. The summed E-state index contributed by atoms with van der Waals surface area (Å²) >= 11 is 0. The number of phenols is 1. The lowest BCUT2D eigenvalue weighted by molar-refractivity contribution is 0.461. The fraction of sp³-hybridized carbons (Fsp3) is 0.333. The number of phenolic OH excluding ortho intramolecular Hbond substituents is 1. The maximum atomic E-state index is 13.1. The Morgan fingerprint density at radius 2 is 2.25 bits per heavy atom. The van der Waals surface area contributed by atoms with Crippen LogP contribution in [-0.4, -0.2) is 5.11 Å². The highest BCUT2D eigenvalue weighted by Crippen LogP contribution is 2.37. The van der Waals surface area contributed by atoms with Crippen molar-refractivity contribution in [1.82, 2.24) is 0 Å². The number of rotatable bonds is 0. The van der Waals surface area contributed by atoms with E-state index in [2.05, 4.69) is 0 Å². The summed E-state index contributed by atoms with van der Waals surface area (Å²) in [7, 11) is 0. The molecular formula is C9H10FNO. The van der Waals surface area contributed by atoms with Crippen LogP contribution >= 0.6 is 0 Å². The zero-order valence-corrected chi connectivity index (χ0v) is 6.55. The van der Waals surface area contributed by atoms with Crippen LogP contribution in [0.2, 0.25) is 0 Å². The van der Waals surface area contributed by atoms with E-state index in [9.17, 15) is 9.50 Å². The predicted molar refractivity (Wildman–Crippen MR) is 43.3 cm³/mol. The lowest BCUT2D eigenvalue weighted by Gasteiger charge is -2.07. The minimum atomic E-state index is -0.254. The first kappa shape index (κ1) is 7.55. The van der Waals surface area contributed by atoms with Crippen molar-refractivity contribution >= 4 is 0 Å². The normalized spacial score (nSPS) is 21.0. The fourth-order valence-corrected chi connectivity index (χ4v) is 1.74. The molecule has 3 N–H and O–H groups in total. The lowest BCUT2D eigenvalue weighted by Crippen LogP contribution is -2.05. The van der Waals surface area contributed by atoms with E-state index >= 15 is 0 Å². The van der Waals surface area contributed by atoms with Crippen molar-refractivity contribution in [2.24, 2.45) is 5.73 Å². The van der Waals surface area contributed by atoms with Crippen LogP contribution in [0.15, 0.2) is 12.1 Å². The van der Waals surface area contributed by atoms with Crippen molar-refractivity contribution in [3.8, 4) is 5.75 Å². The largest absolute Gasteiger partial charge is 0.508 e. The summed E-state index contributed by atoms with van der Waals surface area (Å²) in [6, 6.07) is 2.45. The Bertz CT molecular complexity index is 325. The summed E-state index contributed by atoms with van der Waals surface area (Å²) in [5.41, 5.74) is 6.87. The SMILES string of the molecule is N[C@@H]1CCc2c(F)ccc(O)c21. The Kier molecular flexibility index (Phi) is 1.54. The smallest absolute Gasteiger partial charge is 0.127 e. The van der Waals surface area contributed by atoms with E-state index in [1.54, 1.807) is 0 Å². The molecule has 0 aromatic heterocycles. The molecule has 12 heavy (non-hydrogen) atoms. The second kappa shape index (κ2) is 2.45. The highest BCUT2D eigenvalue weighted by molar-refractivity contribution is 5.45. The average Bonchev–Trinajstić information content (AvgIpc) is 2.42. The molecule has 0 aliphatic heterocycles. The Morgan fingerprint density at radius 3 is 2.92 bits per heavy atom. The maximum Gasteiger partial charge on any atom is 0.127 e. The lowest BCUT2D eigenvalue weighted by atomic mass is 10.1. The highest BCUT2D eigenvalue weighted by atomic mass is 19.1. The zero-order valence-electron chi connectivity index (χ0n) is 6.55. The van der Waals surface area contributed by atoms with Gasteiger partial charge in [0.15, 0.2) is 0 Å². The van der Waals surface area contributed by atoms with Crippen LogP contribution in [0.3, 0.4) is 0 Å². The van der Waals surface area contributed by atoms with Crippen molar-refractivity contribution in [3.63, 3.8) is 0 Å². The minimum Gasteiger partial charge on any atom is -0.508 e. The van der Waals surface area contributed by atoms with Crippen LogP contribution in [0.5, 0.6) is 5.75 Å². The summed E-state index contributed by atoms with van der Waals surface area (Å²) in [4.78, 5) is 0. The van der Waals surface area contributed by atoms with Crippen molar-refractivity contribution in [3.05, 3.63) is 29.1 Å². The number of nitrogens with two attached hydrogens (primary N) is 1. The number of halogens is 1. The summed E-state index contributed by atoms with van der Waals surface area (Å²) < 4.78 is 13.1. The van der Waals surface area contributed by atoms with E-state index in [0.717, 1.165) is 6.42 Å². The van der Waals surface area contributed by atoms with Gasteiger partial charge in [-0.2, -0.15) is 0 Å². The van der Waals surface area contributed by atoms with E-state index in [0.29, 0.717) is 17.5 Å². The van der Waals surface area contributed by atoms with Crippen LogP contribution in [0.1, 0.15) is 23.6 Å². The minimum absolute atomic E-state index is 0.122. The first-order valence-electron chi connectivity index (χ1n) is 3.96. The average molecular weight is 167 g/mol. The first-order chi connectivity index (χ1) is 5.70. The van der Waals surface area contributed by atoms with Crippen LogP contribution < -0.4 is 5.73 Å². The predicted octanol–water partition coefficient (Wildman–Crippen LogP) is 1.48. The summed E-state index contributed by atoms with van der Waals surface area (Å²) in [5, 5.41) is 9.38. The van der Waals surface area contributed by atoms with Crippen LogP contribution in [-0.2, 0) is 6.42 Å². The van der Waals surface area contributed by atoms with E-state index in [-0.39, 0.29) is 17.6 Å². The number of fused-ring (bicyclic) bond motifs is 1. The second-order valence-electron chi connectivity index (χ2n) is 3.10. The van der Waals surface area contributed by atoms with Crippen LogP contribution in [0.25, 0.3) is 0 Å².